The van der Waals surface area contributed by atoms with Crippen molar-refractivity contribution >= 4 is 17.7 Å². The Labute approximate surface area is 195 Å². The molecule has 8 heteroatoms. The van der Waals surface area contributed by atoms with Crippen LogP contribution in [0.3, 0.4) is 0 Å². The van der Waals surface area contributed by atoms with Crippen molar-refractivity contribution in [1.29, 1.82) is 0 Å². The maximum Gasteiger partial charge on any atom is 0.251 e. The number of aryl methyl sites for hydroxylation is 1. The lowest BCUT2D eigenvalue weighted by Crippen LogP contribution is -2.10. The minimum atomic E-state index is -0.560. The molecule has 0 bridgehead atoms. The van der Waals surface area contributed by atoms with Crippen molar-refractivity contribution in [2.24, 2.45) is 0 Å². The van der Waals surface area contributed by atoms with Crippen LogP contribution in [0.5, 0.6) is 11.5 Å². The third kappa shape index (κ3) is 5.80. The zero-order valence-corrected chi connectivity index (χ0v) is 18.3. The standard InChI is InChI=1S/C26H21FN4O3/c1-2-19-15-25(33)31-26(30-19)18-5-3-6-20(14-18)29-24(32)11-9-17-8-10-23(22(27)13-17)34-21-7-4-12-28-16-21/h3-16H,2H2,1H3,(H,29,32)(H,30,31,33)/b11-9+. The molecule has 0 saturated carbocycles. The zero-order valence-electron chi connectivity index (χ0n) is 18.3. The second-order valence-electron chi connectivity index (χ2n) is 7.32. The third-order valence-corrected chi connectivity index (χ3v) is 4.81. The van der Waals surface area contributed by atoms with Gasteiger partial charge < -0.3 is 15.0 Å². The smallest absolute Gasteiger partial charge is 0.251 e. The summed E-state index contributed by atoms with van der Waals surface area (Å²) in [7, 11) is 0. The number of hydrogen-bond acceptors (Lipinski definition) is 5. The van der Waals surface area contributed by atoms with Crippen LogP contribution < -0.4 is 15.6 Å². The Balaban J connectivity index is 1.43. The van der Waals surface area contributed by atoms with Gasteiger partial charge in [-0.25, -0.2) is 9.37 Å². The number of ether oxygens (including phenoxy) is 1. The number of halogens is 1. The molecule has 4 aromatic rings. The van der Waals surface area contributed by atoms with Gasteiger partial charge in [0.2, 0.25) is 5.91 Å². The van der Waals surface area contributed by atoms with E-state index in [-0.39, 0.29) is 11.3 Å². The van der Waals surface area contributed by atoms with E-state index in [9.17, 15) is 14.0 Å². The van der Waals surface area contributed by atoms with Crippen LogP contribution >= 0.6 is 0 Å². The molecule has 1 amide bonds. The monoisotopic (exact) mass is 456 g/mol. The van der Waals surface area contributed by atoms with E-state index in [1.54, 1.807) is 48.7 Å². The summed E-state index contributed by atoms with van der Waals surface area (Å²) >= 11 is 0. The first-order valence-electron chi connectivity index (χ1n) is 10.6. The molecular weight excluding hydrogens is 435 g/mol. The molecule has 0 aliphatic rings. The lowest BCUT2D eigenvalue weighted by molar-refractivity contribution is -0.111. The first kappa shape index (κ1) is 22.6. The quantitative estimate of drug-likeness (QED) is 0.383. The summed E-state index contributed by atoms with van der Waals surface area (Å²) in [6.07, 6.45) is 6.52. The third-order valence-electron chi connectivity index (χ3n) is 4.81. The van der Waals surface area contributed by atoms with Gasteiger partial charge in [0.25, 0.3) is 5.56 Å². The number of hydrogen-bond donors (Lipinski definition) is 2. The molecule has 0 aliphatic heterocycles. The Hall–Kier alpha value is -4.59. The Morgan fingerprint density at radius 2 is 2.03 bits per heavy atom. The number of pyridine rings is 1. The SMILES string of the molecule is CCc1cc(=O)[nH]c(-c2cccc(NC(=O)/C=C/c3ccc(Oc4cccnc4)c(F)c3)c2)n1. The van der Waals surface area contributed by atoms with Gasteiger partial charge in [0.05, 0.1) is 6.20 Å². The highest BCUT2D eigenvalue weighted by Crippen LogP contribution is 2.25. The van der Waals surface area contributed by atoms with Gasteiger partial charge in [-0.2, -0.15) is 0 Å². The van der Waals surface area contributed by atoms with Crippen LogP contribution in [0.1, 0.15) is 18.2 Å². The van der Waals surface area contributed by atoms with E-state index >= 15 is 0 Å². The van der Waals surface area contributed by atoms with E-state index in [0.29, 0.717) is 40.5 Å². The van der Waals surface area contributed by atoms with Crippen molar-refractivity contribution in [3.05, 3.63) is 107 Å². The van der Waals surface area contributed by atoms with Gasteiger partial charge in [-0.05, 0) is 54.5 Å². The molecule has 0 fully saturated rings. The lowest BCUT2D eigenvalue weighted by atomic mass is 10.1. The number of carbonyl (C=O) groups is 1. The number of aromatic amines is 1. The van der Waals surface area contributed by atoms with Crippen LogP contribution in [0.2, 0.25) is 0 Å². The summed E-state index contributed by atoms with van der Waals surface area (Å²) in [6, 6.07) is 16.2. The van der Waals surface area contributed by atoms with Crippen molar-refractivity contribution in [2.45, 2.75) is 13.3 Å². The number of amides is 1. The van der Waals surface area contributed by atoms with E-state index in [1.807, 2.05) is 6.92 Å². The predicted molar refractivity (Wildman–Crippen MR) is 128 cm³/mol. The molecule has 2 N–H and O–H groups in total. The van der Waals surface area contributed by atoms with E-state index in [1.165, 1.54) is 36.5 Å². The lowest BCUT2D eigenvalue weighted by Gasteiger charge is -2.07. The molecule has 7 nitrogen and oxygen atoms in total. The molecule has 0 radical (unpaired) electrons. The highest BCUT2D eigenvalue weighted by atomic mass is 19.1. The Morgan fingerprint density at radius 3 is 2.79 bits per heavy atom. The minimum absolute atomic E-state index is 0.0604. The molecule has 4 rings (SSSR count). The van der Waals surface area contributed by atoms with Crippen LogP contribution in [0.4, 0.5) is 10.1 Å². The molecule has 0 spiro atoms. The van der Waals surface area contributed by atoms with E-state index in [0.717, 1.165) is 0 Å². The number of nitrogens with one attached hydrogen (secondary N) is 2. The summed E-state index contributed by atoms with van der Waals surface area (Å²) in [5.41, 5.74) is 2.14. The summed E-state index contributed by atoms with van der Waals surface area (Å²) < 4.78 is 19.9. The summed E-state index contributed by atoms with van der Waals surface area (Å²) in [5.74, 6) is -0.0378. The van der Waals surface area contributed by atoms with Crippen LogP contribution in [0, 0.1) is 5.82 Å². The summed E-state index contributed by atoms with van der Waals surface area (Å²) in [4.78, 5) is 35.3. The topological polar surface area (TPSA) is 97.0 Å². The Kier molecular flexibility index (Phi) is 6.88. The highest BCUT2D eigenvalue weighted by molar-refractivity contribution is 6.02. The van der Waals surface area contributed by atoms with Crippen LogP contribution in [-0.4, -0.2) is 20.9 Å². The number of benzene rings is 2. The molecule has 2 aromatic carbocycles. The van der Waals surface area contributed by atoms with Gasteiger partial charge in [0, 0.05) is 35.3 Å². The average molecular weight is 456 g/mol. The fourth-order valence-electron chi connectivity index (χ4n) is 3.16. The van der Waals surface area contributed by atoms with E-state index in [2.05, 4.69) is 20.3 Å². The average Bonchev–Trinajstić information content (AvgIpc) is 2.84. The first-order chi connectivity index (χ1) is 16.5. The van der Waals surface area contributed by atoms with Gasteiger partial charge in [0.15, 0.2) is 11.6 Å². The molecule has 34 heavy (non-hydrogen) atoms. The zero-order chi connectivity index (χ0) is 23.9. The van der Waals surface area contributed by atoms with Crippen LogP contribution in [-0.2, 0) is 11.2 Å². The van der Waals surface area contributed by atoms with Gasteiger partial charge in [-0.15, -0.1) is 0 Å². The van der Waals surface area contributed by atoms with Gasteiger partial charge >= 0.3 is 0 Å². The fourth-order valence-corrected chi connectivity index (χ4v) is 3.16. The number of anilines is 1. The predicted octanol–water partition coefficient (Wildman–Crippen LogP) is 4.98. The summed E-state index contributed by atoms with van der Waals surface area (Å²) in [6.45, 7) is 1.92. The number of aromatic nitrogens is 3. The Bertz CT molecular complexity index is 1400. The molecular formula is C26H21FN4O3. The maximum atomic E-state index is 14.4. The summed E-state index contributed by atoms with van der Waals surface area (Å²) in [5, 5.41) is 2.75. The van der Waals surface area contributed by atoms with Gasteiger partial charge in [0.1, 0.15) is 11.6 Å². The van der Waals surface area contributed by atoms with Crippen molar-refractivity contribution in [2.75, 3.05) is 5.32 Å². The van der Waals surface area contributed by atoms with E-state index < -0.39 is 11.7 Å². The molecule has 0 saturated heterocycles. The molecule has 2 heterocycles. The molecule has 0 atom stereocenters. The number of H-pyrrole nitrogens is 1. The fraction of sp³-hybridized carbons (Fsp3) is 0.0769. The second-order valence-corrected chi connectivity index (χ2v) is 7.32. The van der Waals surface area contributed by atoms with Crippen molar-refractivity contribution in [1.82, 2.24) is 15.0 Å². The second kappa shape index (κ2) is 10.4. The van der Waals surface area contributed by atoms with Gasteiger partial charge in [-0.3, -0.25) is 14.6 Å². The van der Waals surface area contributed by atoms with E-state index in [4.69, 9.17) is 4.74 Å². The van der Waals surface area contributed by atoms with Crippen molar-refractivity contribution in [3.63, 3.8) is 0 Å². The molecule has 0 aliphatic carbocycles. The minimum Gasteiger partial charge on any atom is -0.453 e. The Morgan fingerprint density at radius 1 is 1.15 bits per heavy atom. The van der Waals surface area contributed by atoms with Gasteiger partial charge in [-0.1, -0.05) is 25.1 Å². The van der Waals surface area contributed by atoms with Crippen molar-refractivity contribution < 1.29 is 13.9 Å². The first-order valence-corrected chi connectivity index (χ1v) is 10.6. The number of carbonyl (C=O) groups excluding carboxylic acids is 1. The molecule has 0 unspecified atom stereocenters. The molecule has 2 aromatic heterocycles. The molecule has 170 valence electrons. The van der Waals surface area contributed by atoms with Crippen molar-refractivity contribution in [3.8, 4) is 22.9 Å². The normalized spacial score (nSPS) is 10.9. The largest absolute Gasteiger partial charge is 0.453 e. The number of nitrogens with zero attached hydrogens (tertiary/aromatic N) is 2. The number of rotatable bonds is 7. The van der Waals surface area contributed by atoms with Crippen LogP contribution in [0.15, 0.2) is 83.9 Å². The van der Waals surface area contributed by atoms with Crippen LogP contribution in [0.25, 0.3) is 17.5 Å². The highest BCUT2D eigenvalue weighted by Gasteiger charge is 2.07. The maximum absolute atomic E-state index is 14.4.